The van der Waals surface area contributed by atoms with Crippen LogP contribution in [0, 0.1) is 0 Å². The molecular weight excluding hydrogens is 210 g/mol. The number of hydrogen-bond donors (Lipinski definition) is 2. The van der Waals surface area contributed by atoms with E-state index in [2.05, 4.69) is 5.32 Å². The summed E-state index contributed by atoms with van der Waals surface area (Å²) in [4.78, 5) is 25.4. The van der Waals surface area contributed by atoms with E-state index in [9.17, 15) is 9.59 Å². The molecule has 0 saturated heterocycles. The number of nitrogens with two attached hydrogens (primary N) is 1. The van der Waals surface area contributed by atoms with Crippen molar-refractivity contribution in [1.82, 2.24) is 9.13 Å². The van der Waals surface area contributed by atoms with E-state index in [4.69, 9.17) is 5.73 Å². The molecule has 88 valence electrons. The Labute approximate surface area is 92.1 Å². The Hall–Kier alpha value is -1.76. The van der Waals surface area contributed by atoms with Gasteiger partial charge in [-0.05, 0) is 0 Å². The van der Waals surface area contributed by atoms with E-state index in [-0.39, 0.29) is 11.2 Å². The summed E-state index contributed by atoms with van der Waals surface area (Å²) in [6.45, 7) is 1.57. The van der Waals surface area contributed by atoms with Crippen LogP contribution in [0.25, 0.3) is 0 Å². The summed E-state index contributed by atoms with van der Waals surface area (Å²) in [7, 11) is 3.11. The molecule has 0 fully saturated rings. The fourth-order valence-electron chi connectivity index (χ4n) is 1.91. The maximum absolute atomic E-state index is 11.9. The predicted octanol–water partition coefficient (Wildman–Crippen LogP) is -1.77. The zero-order valence-electron chi connectivity index (χ0n) is 9.36. The molecule has 1 aliphatic heterocycles. The van der Waals surface area contributed by atoms with Gasteiger partial charge in [0.25, 0.3) is 5.56 Å². The van der Waals surface area contributed by atoms with Gasteiger partial charge in [-0.2, -0.15) is 0 Å². The Morgan fingerprint density at radius 1 is 1.31 bits per heavy atom. The van der Waals surface area contributed by atoms with Crippen molar-refractivity contribution in [1.29, 1.82) is 0 Å². The van der Waals surface area contributed by atoms with E-state index >= 15 is 0 Å². The highest BCUT2D eigenvalue weighted by Crippen LogP contribution is 2.24. The third kappa shape index (κ3) is 1.32. The molecule has 0 unspecified atom stereocenters. The lowest BCUT2D eigenvalue weighted by molar-refractivity contribution is 0.694. The minimum Gasteiger partial charge on any atom is -0.352 e. The molecule has 0 radical (unpaired) electrons. The van der Waals surface area contributed by atoms with E-state index in [0.717, 1.165) is 4.57 Å². The van der Waals surface area contributed by atoms with Crippen LogP contribution in [0.2, 0.25) is 0 Å². The molecule has 0 aromatic carbocycles. The van der Waals surface area contributed by atoms with Crippen molar-refractivity contribution in [2.45, 2.75) is 0 Å². The average molecular weight is 225 g/mol. The van der Waals surface area contributed by atoms with Crippen molar-refractivity contribution >= 4 is 11.5 Å². The lowest BCUT2D eigenvalue weighted by Gasteiger charge is -2.16. The molecule has 0 atom stereocenters. The maximum Gasteiger partial charge on any atom is 0.332 e. The lowest BCUT2D eigenvalue weighted by Crippen LogP contribution is -2.40. The largest absolute Gasteiger partial charge is 0.352 e. The first-order valence-electron chi connectivity index (χ1n) is 5.06. The summed E-state index contributed by atoms with van der Waals surface area (Å²) in [5.41, 5.74) is 5.39. The molecule has 0 amide bonds. The molecule has 0 aliphatic carbocycles. The summed E-state index contributed by atoms with van der Waals surface area (Å²) in [5.74, 6) is 0.571. The zero-order valence-corrected chi connectivity index (χ0v) is 9.36. The summed E-state index contributed by atoms with van der Waals surface area (Å²) < 4.78 is 2.54. The van der Waals surface area contributed by atoms with Crippen LogP contribution in [0.1, 0.15) is 0 Å². The van der Waals surface area contributed by atoms with Gasteiger partial charge in [-0.1, -0.05) is 0 Å². The van der Waals surface area contributed by atoms with Gasteiger partial charge in [0.2, 0.25) is 0 Å². The molecule has 0 saturated carbocycles. The Bertz CT molecular complexity index is 530. The van der Waals surface area contributed by atoms with Gasteiger partial charge < -0.3 is 16.0 Å². The second-order valence-corrected chi connectivity index (χ2v) is 3.79. The third-order valence-corrected chi connectivity index (χ3v) is 2.79. The molecule has 3 N–H and O–H groups in total. The lowest BCUT2D eigenvalue weighted by atomic mass is 10.4. The average Bonchev–Trinajstić information content (AvgIpc) is 2.68. The van der Waals surface area contributed by atoms with E-state index in [0.29, 0.717) is 31.3 Å². The van der Waals surface area contributed by atoms with E-state index < -0.39 is 0 Å². The van der Waals surface area contributed by atoms with E-state index in [1.807, 2.05) is 4.90 Å². The summed E-state index contributed by atoms with van der Waals surface area (Å²) in [6, 6.07) is 0. The van der Waals surface area contributed by atoms with Crippen LogP contribution in [0.5, 0.6) is 0 Å². The molecule has 2 heterocycles. The Kier molecular flexibility index (Phi) is 2.47. The van der Waals surface area contributed by atoms with Gasteiger partial charge >= 0.3 is 5.69 Å². The quantitative estimate of drug-likeness (QED) is 0.622. The standard InChI is InChI=1S/C9H15N5O2/c1-12-7-6(8(15)13(2)9(12)16)14(4-3-10)5-11-7/h11H,3-5,10H2,1-2H3. The Morgan fingerprint density at radius 2 is 2.00 bits per heavy atom. The van der Waals surface area contributed by atoms with E-state index in [1.165, 1.54) is 11.6 Å². The minimum atomic E-state index is -0.328. The van der Waals surface area contributed by atoms with Crippen LogP contribution in [0.3, 0.4) is 0 Å². The predicted molar refractivity (Wildman–Crippen MR) is 61.8 cm³/mol. The second kappa shape index (κ2) is 3.67. The van der Waals surface area contributed by atoms with Crippen molar-refractivity contribution in [2.75, 3.05) is 30.0 Å². The van der Waals surface area contributed by atoms with Gasteiger partial charge in [0.15, 0.2) is 0 Å². The molecular formula is C9H15N5O2. The smallest absolute Gasteiger partial charge is 0.332 e. The third-order valence-electron chi connectivity index (χ3n) is 2.79. The van der Waals surface area contributed by atoms with Crippen molar-refractivity contribution in [3.05, 3.63) is 20.8 Å². The molecule has 2 rings (SSSR count). The first-order valence-corrected chi connectivity index (χ1v) is 5.06. The molecule has 7 heteroatoms. The summed E-state index contributed by atoms with van der Waals surface area (Å²) in [5, 5.41) is 3.03. The number of anilines is 2. The van der Waals surface area contributed by atoms with Gasteiger partial charge in [0.05, 0.1) is 6.67 Å². The zero-order chi connectivity index (χ0) is 11.9. The SMILES string of the molecule is Cn1c2c(c(=O)n(C)c1=O)N(CCN)CN2. The first-order chi connectivity index (χ1) is 7.57. The van der Waals surface area contributed by atoms with E-state index in [1.54, 1.807) is 7.05 Å². The van der Waals surface area contributed by atoms with Crippen LogP contribution in [0.15, 0.2) is 9.59 Å². The fourth-order valence-corrected chi connectivity index (χ4v) is 1.91. The molecule has 16 heavy (non-hydrogen) atoms. The number of nitrogens with one attached hydrogen (secondary N) is 1. The first kappa shape index (κ1) is 10.7. The van der Waals surface area contributed by atoms with Crippen molar-refractivity contribution < 1.29 is 0 Å². The minimum absolute atomic E-state index is 0.281. The van der Waals surface area contributed by atoms with Crippen LogP contribution in [-0.4, -0.2) is 28.9 Å². The second-order valence-electron chi connectivity index (χ2n) is 3.79. The van der Waals surface area contributed by atoms with Crippen LogP contribution in [0.4, 0.5) is 11.5 Å². The number of nitrogens with zero attached hydrogens (tertiary/aromatic N) is 3. The highest BCUT2D eigenvalue weighted by molar-refractivity contribution is 5.70. The van der Waals surface area contributed by atoms with Crippen LogP contribution >= 0.6 is 0 Å². The number of fused-ring (bicyclic) bond motifs is 1. The fraction of sp³-hybridized carbons (Fsp3) is 0.556. The summed E-state index contributed by atoms with van der Waals surface area (Å²) in [6.07, 6.45) is 0. The molecule has 1 aromatic rings. The molecule has 1 aliphatic rings. The Balaban J connectivity index is 2.68. The normalized spacial score (nSPS) is 13.8. The summed E-state index contributed by atoms with van der Waals surface area (Å²) >= 11 is 0. The molecule has 7 nitrogen and oxygen atoms in total. The van der Waals surface area contributed by atoms with Gasteiger partial charge in [-0.25, -0.2) is 4.79 Å². The van der Waals surface area contributed by atoms with Crippen molar-refractivity contribution in [2.24, 2.45) is 19.8 Å². The topological polar surface area (TPSA) is 85.3 Å². The monoisotopic (exact) mass is 225 g/mol. The van der Waals surface area contributed by atoms with Gasteiger partial charge in [-0.3, -0.25) is 13.9 Å². The van der Waals surface area contributed by atoms with Crippen LogP contribution < -0.4 is 27.2 Å². The molecule has 1 aromatic heterocycles. The number of rotatable bonds is 2. The maximum atomic E-state index is 11.9. The van der Waals surface area contributed by atoms with Gasteiger partial charge in [0.1, 0.15) is 11.5 Å². The van der Waals surface area contributed by atoms with Gasteiger partial charge in [0, 0.05) is 27.2 Å². The Morgan fingerprint density at radius 3 is 2.62 bits per heavy atom. The number of hydrogen-bond acceptors (Lipinski definition) is 5. The van der Waals surface area contributed by atoms with Gasteiger partial charge in [-0.15, -0.1) is 0 Å². The highest BCUT2D eigenvalue weighted by Gasteiger charge is 2.25. The highest BCUT2D eigenvalue weighted by atomic mass is 16.2. The van der Waals surface area contributed by atoms with Crippen LogP contribution in [-0.2, 0) is 14.1 Å². The van der Waals surface area contributed by atoms with Crippen molar-refractivity contribution in [3.63, 3.8) is 0 Å². The molecule has 0 bridgehead atoms. The number of aromatic nitrogens is 2. The van der Waals surface area contributed by atoms with Crippen molar-refractivity contribution in [3.8, 4) is 0 Å². The molecule has 0 spiro atoms.